The van der Waals surface area contributed by atoms with Crippen LogP contribution in [0.1, 0.15) is 13.8 Å². The summed E-state index contributed by atoms with van der Waals surface area (Å²) in [5.74, 6) is -0.592. The Morgan fingerprint density at radius 1 is 0.739 bits per heavy atom. The number of benzene rings is 2. The monoisotopic (exact) mass is 312 g/mol. The minimum atomic E-state index is -0.744. The zero-order valence-electron chi connectivity index (χ0n) is 13.2. The van der Waals surface area contributed by atoms with Crippen LogP contribution in [-0.2, 0) is 14.3 Å². The molecule has 0 aromatic heterocycles. The number of ether oxygens (including phenoxy) is 1. The molecule has 0 saturated carbocycles. The number of carbonyl (C=O) groups excluding carboxylic acids is 2. The van der Waals surface area contributed by atoms with E-state index in [0.717, 1.165) is 0 Å². The smallest absolute Gasteiger partial charge is 0.253 e. The average molecular weight is 312 g/mol. The molecule has 0 aliphatic rings. The van der Waals surface area contributed by atoms with E-state index >= 15 is 0 Å². The van der Waals surface area contributed by atoms with E-state index in [9.17, 15) is 9.59 Å². The fraction of sp³-hybridized carbons (Fsp3) is 0.222. The van der Waals surface area contributed by atoms with Gasteiger partial charge in [0.15, 0.2) is 0 Å². The molecule has 2 atom stereocenters. The summed E-state index contributed by atoms with van der Waals surface area (Å²) in [5, 5.41) is 5.48. The van der Waals surface area contributed by atoms with Crippen molar-refractivity contribution in [1.82, 2.24) is 0 Å². The molecule has 2 N–H and O–H groups in total. The first kappa shape index (κ1) is 16.7. The highest BCUT2D eigenvalue weighted by Gasteiger charge is 2.21. The SMILES string of the molecule is CC(OC(C)C(=O)Nc1ccccc1)C(=O)Nc1ccccc1. The molecule has 2 rings (SSSR count). The molecule has 2 unspecified atom stereocenters. The molecule has 2 amide bonds. The first-order valence-electron chi connectivity index (χ1n) is 7.43. The largest absolute Gasteiger partial charge is 0.356 e. The van der Waals surface area contributed by atoms with Crippen molar-refractivity contribution >= 4 is 23.2 Å². The maximum Gasteiger partial charge on any atom is 0.253 e. The lowest BCUT2D eigenvalue weighted by molar-refractivity contribution is -0.137. The van der Waals surface area contributed by atoms with Gasteiger partial charge in [-0.05, 0) is 38.1 Å². The molecular formula is C18H20N2O3. The number of hydrogen-bond acceptors (Lipinski definition) is 3. The van der Waals surface area contributed by atoms with Gasteiger partial charge in [-0.25, -0.2) is 0 Å². The number of carbonyl (C=O) groups is 2. The van der Waals surface area contributed by atoms with E-state index in [1.807, 2.05) is 36.4 Å². The van der Waals surface area contributed by atoms with Gasteiger partial charge in [-0.3, -0.25) is 9.59 Å². The van der Waals surface area contributed by atoms with Gasteiger partial charge in [0.05, 0.1) is 0 Å². The number of nitrogens with one attached hydrogen (secondary N) is 2. The number of para-hydroxylation sites is 2. The Labute approximate surface area is 135 Å². The van der Waals surface area contributed by atoms with E-state index in [2.05, 4.69) is 10.6 Å². The van der Waals surface area contributed by atoms with Crippen LogP contribution in [0.2, 0.25) is 0 Å². The third kappa shape index (κ3) is 5.23. The van der Waals surface area contributed by atoms with Gasteiger partial charge >= 0.3 is 0 Å². The molecule has 0 aliphatic heterocycles. The summed E-state index contributed by atoms with van der Waals surface area (Å²) in [7, 11) is 0. The van der Waals surface area contributed by atoms with Crippen LogP contribution in [0, 0.1) is 0 Å². The van der Waals surface area contributed by atoms with E-state index in [1.54, 1.807) is 38.1 Å². The molecule has 0 radical (unpaired) electrons. The third-order valence-electron chi connectivity index (χ3n) is 3.23. The zero-order valence-corrected chi connectivity index (χ0v) is 13.2. The summed E-state index contributed by atoms with van der Waals surface area (Å²) in [6.45, 7) is 3.23. The first-order chi connectivity index (χ1) is 11.1. The maximum atomic E-state index is 12.1. The fourth-order valence-electron chi connectivity index (χ4n) is 1.96. The zero-order chi connectivity index (χ0) is 16.7. The number of amides is 2. The molecule has 120 valence electrons. The van der Waals surface area contributed by atoms with Gasteiger partial charge in [0.25, 0.3) is 11.8 Å². The van der Waals surface area contributed by atoms with Crippen LogP contribution < -0.4 is 10.6 Å². The summed E-state index contributed by atoms with van der Waals surface area (Å²) >= 11 is 0. The second-order valence-corrected chi connectivity index (χ2v) is 5.13. The molecule has 0 aliphatic carbocycles. The van der Waals surface area contributed by atoms with Gasteiger partial charge < -0.3 is 15.4 Å². The maximum absolute atomic E-state index is 12.1. The van der Waals surface area contributed by atoms with Crippen molar-refractivity contribution < 1.29 is 14.3 Å². The lowest BCUT2D eigenvalue weighted by Crippen LogP contribution is -2.36. The topological polar surface area (TPSA) is 67.4 Å². The van der Waals surface area contributed by atoms with Crippen LogP contribution in [0.5, 0.6) is 0 Å². The molecule has 2 aromatic rings. The van der Waals surface area contributed by atoms with Crippen LogP contribution in [0.25, 0.3) is 0 Å². The number of rotatable bonds is 6. The summed E-state index contributed by atoms with van der Waals surface area (Å²) in [6.07, 6.45) is -1.49. The predicted molar refractivity (Wildman–Crippen MR) is 90.2 cm³/mol. The van der Waals surface area contributed by atoms with Crippen molar-refractivity contribution in [3.05, 3.63) is 60.7 Å². The number of hydrogen-bond donors (Lipinski definition) is 2. The van der Waals surface area contributed by atoms with Crippen molar-refractivity contribution in [2.75, 3.05) is 10.6 Å². The standard InChI is InChI=1S/C18H20N2O3/c1-13(17(21)19-15-9-5-3-6-10-15)23-14(2)18(22)20-16-11-7-4-8-12-16/h3-14H,1-2H3,(H,19,21)(H,20,22). The Kier molecular flexibility index (Phi) is 5.88. The van der Waals surface area contributed by atoms with Crippen LogP contribution >= 0.6 is 0 Å². The first-order valence-corrected chi connectivity index (χ1v) is 7.43. The van der Waals surface area contributed by atoms with Crippen LogP contribution in [0.4, 0.5) is 11.4 Å². The lowest BCUT2D eigenvalue weighted by atomic mass is 10.2. The molecule has 0 heterocycles. The van der Waals surface area contributed by atoms with E-state index in [0.29, 0.717) is 11.4 Å². The van der Waals surface area contributed by atoms with Gasteiger partial charge in [0.2, 0.25) is 0 Å². The van der Waals surface area contributed by atoms with E-state index in [1.165, 1.54) is 0 Å². The van der Waals surface area contributed by atoms with Crippen molar-refractivity contribution in [3.63, 3.8) is 0 Å². The van der Waals surface area contributed by atoms with Crippen molar-refractivity contribution in [3.8, 4) is 0 Å². The minimum Gasteiger partial charge on any atom is -0.356 e. The Balaban J connectivity index is 1.85. The van der Waals surface area contributed by atoms with Crippen molar-refractivity contribution in [2.24, 2.45) is 0 Å². The minimum absolute atomic E-state index is 0.296. The van der Waals surface area contributed by atoms with Crippen LogP contribution in [0.15, 0.2) is 60.7 Å². The van der Waals surface area contributed by atoms with Gasteiger partial charge in [-0.2, -0.15) is 0 Å². The van der Waals surface area contributed by atoms with E-state index < -0.39 is 12.2 Å². The van der Waals surface area contributed by atoms with Crippen LogP contribution in [0.3, 0.4) is 0 Å². The van der Waals surface area contributed by atoms with Crippen LogP contribution in [-0.4, -0.2) is 24.0 Å². The van der Waals surface area contributed by atoms with Crippen molar-refractivity contribution in [2.45, 2.75) is 26.1 Å². The van der Waals surface area contributed by atoms with E-state index in [-0.39, 0.29) is 11.8 Å². The third-order valence-corrected chi connectivity index (χ3v) is 3.23. The summed E-state index contributed by atoms with van der Waals surface area (Å²) in [5.41, 5.74) is 1.38. The molecule has 2 aromatic carbocycles. The fourth-order valence-corrected chi connectivity index (χ4v) is 1.96. The molecule has 0 bridgehead atoms. The molecule has 5 nitrogen and oxygen atoms in total. The molecule has 0 spiro atoms. The van der Waals surface area contributed by atoms with Gasteiger partial charge in [-0.15, -0.1) is 0 Å². The van der Waals surface area contributed by atoms with Gasteiger partial charge in [-0.1, -0.05) is 36.4 Å². The highest BCUT2D eigenvalue weighted by molar-refractivity contribution is 5.96. The quantitative estimate of drug-likeness (QED) is 0.861. The molecule has 5 heteroatoms. The summed E-state index contributed by atoms with van der Waals surface area (Å²) in [6, 6.07) is 18.2. The molecule has 23 heavy (non-hydrogen) atoms. The van der Waals surface area contributed by atoms with Gasteiger partial charge in [0, 0.05) is 11.4 Å². The lowest BCUT2D eigenvalue weighted by Gasteiger charge is -2.18. The average Bonchev–Trinajstić information content (AvgIpc) is 2.56. The molecule has 0 fully saturated rings. The second kappa shape index (κ2) is 8.10. The Morgan fingerprint density at radius 3 is 1.43 bits per heavy atom. The van der Waals surface area contributed by atoms with E-state index in [4.69, 9.17) is 4.74 Å². The highest BCUT2D eigenvalue weighted by Crippen LogP contribution is 2.10. The second-order valence-electron chi connectivity index (χ2n) is 5.13. The van der Waals surface area contributed by atoms with Gasteiger partial charge in [0.1, 0.15) is 12.2 Å². The summed E-state index contributed by atoms with van der Waals surface area (Å²) < 4.78 is 5.49. The Hall–Kier alpha value is -2.66. The Morgan fingerprint density at radius 2 is 1.09 bits per heavy atom. The molecular weight excluding hydrogens is 292 g/mol. The summed E-state index contributed by atoms with van der Waals surface area (Å²) in [4.78, 5) is 24.1. The Bertz CT molecular complexity index is 586. The molecule has 0 saturated heterocycles. The predicted octanol–water partition coefficient (Wildman–Crippen LogP) is 3.06. The number of anilines is 2. The van der Waals surface area contributed by atoms with Crippen molar-refractivity contribution in [1.29, 1.82) is 0 Å². The normalized spacial score (nSPS) is 13.0. The highest BCUT2D eigenvalue weighted by atomic mass is 16.5.